The van der Waals surface area contributed by atoms with Gasteiger partial charge >= 0.3 is 0 Å². The van der Waals surface area contributed by atoms with Crippen molar-refractivity contribution >= 4 is 59.1 Å². The number of methoxy groups -OCH3 is 2. The largest absolute Gasteiger partial charge is 0.495 e. The number of hydrogen-bond acceptors (Lipinski definition) is 4. The molecular formula is C13H12Br3NO2S. The van der Waals surface area contributed by atoms with E-state index in [-0.39, 0.29) is 6.04 Å². The van der Waals surface area contributed by atoms with Crippen molar-refractivity contribution < 1.29 is 9.47 Å². The van der Waals surface area contributed by atoms with Crippen molar-refractivity contribution in [3.63, 3.8) is 0 Å². The molecule has 1 atom stereocenters. The summed E-state index contributed by atoms with van der Waals surface area (Å²) in [6.07, 6.45) is 0. The highest BCUT2D eigenvalue weighted by molar-refractivity contribution is 9.12. The van der Waals surface area contributed by atoms with Gasteiger partial charge in [0.05, 0.1) is 27.8 Å². The molecule has 2 N–H and O–H groups in total. The fourth-order valence-electron chi connectivity index (χ4n) is 1.90. The zero-order chi connectivity index (χ0) is 14.9. The van der Waals surface area contributed by atoms with Crippen molar-refractivity contribution in [2.75, 3.05) is 14.2 Å². The van der Waals surface area contributed by atoms with Gasteiger partial charge in [-0.15, -0.1) is 11.3 Å². The second-order valence-electron chi connectivity index (χ2n) is 3.96. The number of benzene rings is 1. The highest BCUT2D eigenvalue weighted by Crippen LogP contribution is 2.43. The minimum atomic E-state index is -0.288. The first-order chi connectivity index (χ1) is 9.49. The van der Waals surface area contributed by atoms with Crippen molar-refractivity contribution in [1.29, 1.82) is 0 Å². The summed E-state index contributed by atoms with van der Waals surface area (Å²) in [4.78, 5) is 0. The maximum atomic E-state index is 6.38. The van der Waals surface area contributed by atoms with E-state index in [2.05, 4.69) is 47.8 Å². The predicted octanol–water partition coefficient (Wildman–Crippen LogP) is 5.10. The van der Waals surface area contributed by atoms with Crippen molar-refractivity contribution in [3.8, 4) is 11.5 Å². The molecule has 20 heavy (non-hydrogen) atoms. The lowest BCUT2D eigenvalue weighted by atomic mass is 10.0. The van der Waals surface area contributed by atoms with Crippen LogP contribution in [0.15, 0.2) is 30.2 Å². The normalized spacial score (nSPS) is 12.3. The van der Waals surface area contributed by atoms with E-state index in [4.69, 9.17) is 15.2 Å². The summed E-state index contributed by atoms with van der Waals surface area (Å²) in [6, 6.07) is 5.52. The molecule has 0 aliphatic rings. The maximum Gasteiger partial charge on any atom is 0.141 e. The van der Waals surface area contributed by atoms with Crippen LogP contribution in [0.1, 0.15) is 17.2 Å². The molecule has 2 rings (SSSR count). The molecule has 0 amide bonds. The highest BCUT2D eigenvalue weighted by Gasteiger charge is 2.22. The van der Waals surface area contributed by atoms with Gasteiger partial charge in [-0.05, 0) is 71.6 Å². The minimum absolute atomic E-state index is 0.288. The van der Waals surface area contributed by atoms with Gasteiger partial charge in [-0.2, -0.15) is 0 Å². The van der Waals surface area contributed by atoms with E-state index in [9.17, 15) is 0 Å². The molecule has 108 valence electrons. The third-order valence-electron chi connectivity index (χ3n) is 2.87. The summed E-state index contributed by atoms with van der Waals surface area (Å²) in [6.45, 7) is 0. The number of rotatable bonds is 4. The summed E-state index contributed by atoms with van der Waals surface area (Å²) >= 11 is 12.1. The summed E-state index contributed by atoms with van der Waals surface area (Å²) < 4.78 is 13.5. The first-order valence-corrected chi connectivity index (χ1v) is 8.79. The fourth-order valence-corrected chi connectivity index (χ4v) is 5.51. The average molecular weight is 486 g/mol. The van der Waals surface area contributed by atoms with Gasteiger partial charge < -0.3 is 15.2 Å². The first-order valence-electron chi connectivity index (χ1n) is 5.60. The Balaban J connectivity index is 2.52. The Morgan fingerprint density at radius 2 is 1.80 bits per heavy atom. The van der Waals surface area contributed by atoms with Gasteiger partial charge in [-0.25, -0.2) is 0 Å². The van der Waals surface area contributed by atoms with E-state index in [1.165, 1.54) is 0 Å². The maximum absolute atomic E-state index is 6.38. The Bertz CT molecular complexity index is 630. The molecule has 0 bridgehead atoms. The molecule has 0 fully saturated rings. The van der Waals surface area contributed by atoms with Gasteiger partial charge in [0.1, 0.15) is 16.0 Å². The smallest absolute Gasteiger partial charge is 0.141 e. The van der Waals surface area contributed by atoms with E-state index in [1.807, 2.05) is 18.2 Å². The van der Waals surface area contributed by atoms with Crippen LogP contribution in [0, 0.1) is 0 Å². The van der Waals surface area contributed by atoms with Crippen LogP contribution in [0.4, 0.5) is 0 Å². The molecule has 0 aliphatic heterocycles. The van der Waals surface area contributed by atoms with E-state index < -0.39 is 0 Å². The van der Waals surface area contributed by atoms with Crippen LogP contribution in [0.25, 0.3) is 0 Å². The van der Waals surface area contributed by atoms with Gasteiger partial charge in [-0.3, -0.25) is 0 Å². The Morgan fingerprint density at radius 3 is 2.30 bits per heavy atom. The molecular weight excluding hydrogens is 474 g/mol. The average Bonchev–Trinajstić information content (AvgIpc) is 2.76. The summed E-state index contributed by atoms with van der Waals surface area (Å²) in [7, 11) is 3.24. The minimum Gasteiger partial charge on any atom is -0.495 e. The Hall–Kier alpha value is -0.0800. The molecule has 7 heteroatoms. The number of hydrogen-bond donors (Lipinski definition) is 1. The summed E-state index contributed by atoms with van der Waals surface area (Å²) in [5, 5.41) is 0. The van der Waals surface area contributed by atoms with Gasteiger partial charge in [0.15, 0.2) is 0 Å². The monoisotopic (exact) mass is 483 g/mol. The third-order valence-corrected chi connectivity index (χ3v) is 6.01. The van der Waals surface area contributed by atoms with Crippen LogP contribution < -0.4 is 15.2 Å². The van der Waals surface area contributed by atoms with Gasteiger partial charge in [0.2, 0.25) is 0 Å². The summed E-state index contributed by atoms with van der Waals surface area (Å²) in [5.74, 6) is 1.40. The molecule has 0 spiro atoms. The van der Waals surface area contributed by atoms with E-state index in [0.29, 0.717) is 11.5 Å². The molecule has 1 heterocycles. The van der Waals surface area contributed by atoms with Crippen molar-refractivity contribution in [2.24, 2.45) is 5.73 Å². The van der Waals surface area contributed by atoms with Gasteiger partial charge in [0, 0.05) is 5.56 Å². The topological polar surface area (TPSA) is 44.5 Å². The van der Waals surface area contributed by atoms with Crippen LogP contribution in [-0.2, 0) is 0 Å². The molecule has 0 aliphatic carbocycles. The molecule has 1 aromatic heterocycles. The van der Waals surface area contributed by atoms with Crippen LogP contribution in [-0.4, -0.2) is 14.2 Å². The number of nitrogens with two attached hydrogens (primary N) is 1. The lowest BCUT2D eigenvalue weighted by Gasteiger charge is -2.18. The van der Waals surface area contributed by atoms with E-state index >= 15 is 0 Å². The van der Waals surface area contributed by atoms with Crippen molar-refractivity contribution in [3.05, 3.63) is 41.4 Å². The SMILES string of the molecule is COc1ccc(C(N)c2cc(Br)sc2Br)c(OC)c1Br. The zero-order valence-corrected chi connectivity index (χ0v) is 16.3. The van der Waals surface area contributed by atoms with Crippen LogP contribution in [0.2, 0.25) is 0 Å². The van der Waals surface area contributed by atoms with E-state index in [1.54, 1.807) is 25.6 Å². The molecule has 0 radical (unpaired) electrons. The lowest BCUT2D eigenvalue weighted by Crippen LogP contribution is -2.13. The highest BCUT2D eigenvalue weighted by atomic mass is 79.9. The standard InChI is InChI=1S/C13H12Br3NO2S/c1-18-8-4-3-6(12(19-2)10(8)15)11(17)7-5-9(14)20-13(7)16/h3-5,11H,17H2,1-2H3. The molecule has 0 saturated heterocycles. The van der Waals surface area contributed by atoms with Gasteiger partial charge in [-0.1, -0.05) is 0 Å². The molecule has 1 unspecified atom stereocenters. The predicted molar refractivity (Wildman–Crippen MR) is 93.0 cm³/mol. The number of halogens is 3. The Kier molecular flexibility index (Phi) is 5.53. The zero-order valence-electron chi connectivity index (χ0n) is 10.7. The summed E-state index contributed by atoms with van der Waals surface area (Å²) in [5.41, 5.74) is 8.29. The Labute approximate surface area is 146 Å². The fraction of sp³-hybridized carbons (Fsp3) is 0.231. The van der Waals surface area contributed by atoms with E-state index in [0.717, 1.165) is 23.2 Å². The van der Waals surface area contributed by atoms with Crippen LogP contribution >= 0.6 is 59.1 Å². The number of ether oxygens (including phenoxy) is 2. The van der Waals surface area contributed by atoms with Crippen molar-refractivity contribution in [2.45, 2.75) is 6.04 Å². The lowest BCUT2D eigenvalue weighted by molar-refractivity contribution is 0.385. The Morgan fingerprint density at radius 1 is 1.10 bits per heavy atom. The molecule has 0 saturated carbocycles. The van der Waals surface area contributed by atoms with Crippen LogP contribution in [0.5, 0.6) is 11.5 Å². The molecule has 1 aromatic carbocycles. The second-order valence-corrected chi connectivity index (χ2v) is 8.50. The van der Waals surface area contributed by atoms with Gasteiger partial charge in [0.25, 0.3) is 0 Å². The van der Waals surface area contributed by atoms with Crippen LogP contribution in [0.3, 0.4) is 0 Å². The number of thiophene rings is 1. The first kappa shape index (κ1) is 16.3. The quantitative estimate of drug-likeness (QED) is 0.655. The second kappa shape index (κ2) is 6.79. The van der Waals surface area contributed by atoms with Crippen molar-refractivity contribution in [1.82, 2.24) is 0 Å². The third kappa shape index (κ3) is 3.06. The molecule has 3 nitrogen and oxygen atoms in total. The molecule has 2 aromatic rings.